The molecule has 122 valence electrons. The molecule has 1 aromatic rings. The van der Waals surface area contributed by atoms with Crippen LogP contribution >= 0.6 is 0 Å². The van der Waals surface area contributed by atoms with Crippen LogP contribution in [0.1, 0.15) is 33.6 Å². The number of carbonyl (C=O) groups excluding carboxylic acids is 1. The van der Waals surface area contributed by atoms with Gasteiger partial charge in [-0.15, -0.1) is 0 Å². The zero-order chi connectivity index (χ0) is 15.9. The summed E-state index contributed by atoms with van der Waals surface area (Å²) in [6.45, 7) is 9.76. The van der Waals surface area contributed by atoms with Crippen molar-refractivity contribution in [2.45, 2.75) is 39.7 Å². The Morgan fingerprint density at radius 3 is 2.55 bits per heavy atom. The smallest absolute Gasteiger partial charge is 0.317 e. The van der Waals surface area contributed by atoms with Gasteiger partial charge in [-0.2, -0.15) is 0 Å². The Kier molecular flexibility index (Phi) is 6.04. The summed E-state index contributed by atoms with van der Waals surface area (Å²) in [5, 5.41) is 3.12. The number of piperazine rings is 1. The van der Waals surface area contributed by atoms with Crippen molar-refractivity contribution >= 4 is 11.7 Å². The summed E-state index contributed by atoms with van der Waals surface area (Å²) in [5.74, 6) is 0.683. The van der Waals surface area contributed by atoms with Crippen LogP contribution in [0, 0.1) is 5.92 Å². The van der Waals surface area contributed by atoms with Crippen molar-refractivity contribution in [1.29, 1.82) is 0 Å². The SMILES string of the molecule is CC(C)CC[C@@H](C)NC(=O)N1CCN(c2cccnc2)CC1. The molecule has 1 fully saturated rings. The quantitative estimate of drug-likeness (QED) is 0.910. The van der Waals surface area contributed by atoms with Gasteiger partial charge in [-0.25, -0.2) is 4.79 Å². The normalized spacial score (nSPS) is 16.7. The Bertz CT molecular complexity index is 455. The molecule has 0 unspecified atom stereocenters. The van der Waals surface area contributed by atoms with E-state index in [4.69, 9.17) is 0 Å². The highest BCUT2D eigenvalue weighted by atomic mass is 16.2. The lowest BCUT2D eigenvalue weighted by molar-refractivity contribution is 0.190. The highest BCUT2D eigenvalue weighted by Crippen LogP contribution is 2.14. The van der Waals surface area contributed by atoms with Gasteiger partial charge in [0.1, 0.15) is 0 Å². The van der Waals surface area contributed by atoms with Gasteiger partial charge in [-0.05, 0) is 37.8 Å². The van der Waals surface area contributed by atoms with Crippen LogP contribution in [-0.4, -0.2) is 48.1 Å². The van der Waals surface area contributed by atoms with Crippen molar-refractivity contribution in [3.8, 4) is 0 Å². The fraction of sp³-hybridized carbons (Fsp3) is 0.647. The molecule has 1 N–H and O–H groups in total. The van der Waals surface area contributed by atoms with E-state index in [2.05, 4.69) is 42.0 Å². The first-order chi connectivity index (χ1) is 10.6. The van der Waals surface area contributed by atoms with Gasteiger partial charge in [0, 0.05) is 38.4 Å². The Labute approximate surface area is 133 Å². The molecule has 0 saturated carbocycles. The first-order valence-corrected chi connectivity index (χ1v) is 8.26. The first kappa shape index (κ1) is 16.6. The van der Waals surface area contributed by atoms with Gasteiger partial charge >= 0.3 is 6.03 Å². The van der Waals surface area contributed by atoms with Crippen LogP contribution in [0.15, 0.2) is 24.5 Å². The molecule has 0 aliphatic carbocycles. The van der Waals surface area contributed by atoms with E-state index >= 15 is 0 Å². The number of nitrogens with one attached hydrogen (secondary N) is 1. The van der Waals surface area contributed by atoms with Crippen LogP contribution in [0.3, 0.4) is 0 Å². The molecule has 0 spiro atoms. The van der Waals surface area contributed by atoms with Crippen molar-refractivity contribution in [2.75, 3.05) is 31.1 Å². The molecule has 22 heavy (non-hydrogen) atoms. The minimum absolute atomic E-state index is 0.0714. The molecule has 5 nitrogen and oxygen atoms in total. The molecule has 1 aromatic heterocycles. The predicted molar refractivity (Wildman–Crippen MR) is 90.1 cm³/mol. The van der Waals surface area contributed by atoms with Gasteiger partial charge in [0.25, 0.3) is 0 Å². The van der Waals surface area contributed by atoms with Gasteiger partial charge in [0.15, 0.2) is 0 Å². The zero-order valence-electron chi connectivity index (χ0n) is 14.0. The van der Waals surface area contributed by atoms with Gasteiger partial charge in [0.2, 0.25) is 0 Å². The summed E-state index contributed by atoms with van der Waals surface area (Å²) >= 11 is 0. The molecule has 0 radical (unpaired) electrons. The van der Waals surface area contributed by atoms with Crippen molar-refractivity contribution in [3.63, 3.8) is 0 Å². The molecule has 2 amide bonds. The molecule has 2 heterocycles. The number of hydrogen-bond donors (Lipinski definition) is 1. The second kappa shape index (κ2) is 8.01. The molecule has 0 bridgehead atoms. The average Bonchev–Trinajstić information content (AvgIpc) is 2.54. The molecule has 0 aromatic carbocycles. The number of nitrogens with zero attached hydrogens (tertiary/aromatic N) is 3. The molecule has 1 aliphatic rings. The summed E-state index contributed by atoms with van der Waals surface area (Å²) in [7, 11) is 0. The van der Waals surface area contributed by atoms with E-state index in [0.717, 1.165) is 44.7 Å². The number of urea groups is 1. The fourth-order valence-corrected chi connectivity index (χ4v) is 2.67. The van der Waals surface area contributed by atoms with Crippen LogP contribution in [-0.2, 0) is 0 Å². The van der Waals surface area contributed by atoms with E-state index < -0.39 is 0 Å². The topological polar surface area (TPSA) is 48.5 Å². The van der Waals surface area contributed by atoms with Crippen molar-refractivity contribution < 1.29 is 4.79 Å². The third-order valence-electron chi connectivity index (χ3n) is 4.12. The molecule has 5 heteroatoms. The van der Waals surface area contributed by atoms with Gasteiger partial charge < -0.3 is 15.1 Å². The fourth-order valence-electron chi connectivity index (χ4n) is 2.67. The van der Waals surface area contributed by atoms with E-state index in [1.807, 2.05) is 17.2 Å². The van der Waals surface area contributed by atoms with Crippen LogP contribution in [0.2, 0.25) is 0 Å². The number of pyridine rings is 1. The average molecular weight is 304 g/mol. The standard InChI is InChI=1S/C17H28N4O/c1-14(2)6-7-15(3)19-17(22)21-11-9-20(10-12-21)16-5-4-8-18-13-16/h4-5,8,13-15H,6-7,9-12H2,1-3H3,(H,19,22)/t15-/m1/s1. The minimum atomic E-state index is 0.0714. The summed E-state index contributed by atoms with van der Waals surface area (Å²) in [4.78, 5) is 20.6. The lowest BCUT2D eigenvalue weighted by Gasteiger charge is -2.36. The largest absolute Gasteiger partial charge is 0.367 e. The van der Waals surface area contributed by atoms with Crippen LogP contribution < -0.4 is 10.2 Å². The van der Waals surface area contributed by atoms with Gasteiger partial charge in [-0.3, -0.25) is 4.98 Å². The van der Waals surface area contributed by atoms with Crippen molar-refractivity contribution in [2.24, 2.45) is 5.92 Å². The number of amides is 2. The number of anilines is 1. The van der Waals surface area contributed by atoms with Crippen LogP contribution in [0.25, 0.3) is 0 Å². The first-order valence-electron chi connectivity index (χ1n) is 8.26. The maximum Gasteiger partial charge on any atom is 0.317 e. The van der Waals surface area contributed by atoms with Crippen molar-refractivity contribution in [1.82, 2.24) is 15.2 Å². The van der Waals surface area contributed by atoms with Crippen LogP contribution in [0.4, 0.5) is 10.5 Å². The lowest BCUT2D eigenvalue weighted by atomic mass is 10.0. The Balaban J connectivity index is 1.75. The minimum Gasteiger partial charge on any atom is -0.367 e. The van der Waals surface area contributed by atoms with E-state index in [9.17, 15) is 4.79 Å². The van der Waals surface area contributed by atoms with Gasteiger partial charge in [0.05, 0.1) is 11.9 Å². The second-order valence-electron chi connectivity index (χ2n) is 6.51. The summed E-state index contributed by atoms with van der Waals surface area (Å²) in [6.07, 6.45) is 5.85. The maximum atomic E-state index is 12.3. The molecule has 1 saturated heterocycles. The highest BCUT2D eigenvalue weighted by molar-refractivity contribution is 5.74. The van der Waals surface area contributed by atoms with Crippen molar-refractivity contribution in [3.05, 3.63) is 24.5 Å². The Morgan fingerprint density at radius 1 is 1.23 bits per heavy atom. The molecular weight excluding hydrogens is 276 g/mol. The predicted octanol–water partition coefficient (Wildman–Crippen LogP) is 2.74. The summed E-state index contributed by atoms with van der Waals surface area (Å²) in [5.41, 5.74) is 1.13. The maximum absolute atomic E-state index is 12.3. The highest BCUT2D eigenvalue weighted by Gasteiger charge is 2.22. The number of hydrogen-bond acceptors (Lipinski definition) is 3. The second-order valence-corrected chi connectivity index (χ2v) is 6.51. The number of rotatable bonds is 5. The number of carbonyl (C=O) groups is 1. The van der Waals surface area contributed by atoms with E-state index in [1.54, 1.807) is 6.20 Å². The van der Waals surface area contributed by atoms with Crippen LogP contribution in [0.5, 0.6) is 0 Å². The molecule has 2 rings (SSSR count). The van der Waals surface area contributed by atoms with E-state index in [0.29, 0.717) is 5.92 Å². The molecular formula is C17H28N4O. The van der Waals surface area contributed by atoms with Gasteiger partial charge in [-0.1, -0.05) is 13.8 Å². The lowest BCUT2D eigenvalue weighted by Crippen LogP contribution is -2.53. The Morgan fingerprint density at radius 2 is 1.95 bits per heavy atom. The third-order valence-corrected chi connectivity index (χ3v) is 4.12. The monoisotopic (exact) mass is 304 g/mol. The summed E-state index contributed by atoms with van der Waals surface area (Å²) in [6, 6.07) is 4.33. The number of aromatic nitrogens is 1. The molecule has 1 aliphatic heterocycles. The van der Waals surface area contributed by atoms with E-state index in [-0.39, 0.29) is 12.1 Å². The molecule has 1 atom stereocenters. The summed E-state index contributed by atoms with van der Waals surface area (Å²) < 4.78 is 0. The third kappa shape index (κ3) is 4.90. The zero-order valence-corrected chi connectivity index (χ0v) is 14.0. The Hall–Kier alpha value is -1.78. The van der Waals surface area contributed by atoms with E-state index in [1.165, 1.54) is 0 Å².